The van der Waals surface area contributed by atoms with Gasteiger partial charge in [-0.25, -0.2) is 14.4 Å². The number of aromatic nitrogens is 2. The normalized spacial score (nSPS) is 19.3. The molecule has 2 aliphatic rings. The van der Waals surface area contributed by atoms with E-state index < -0.39 is 0 Å². The van der Waals surface area contributed by atoms with Gasteiger partial charge in [0.05, 0.1) is 5.69 Å². The van der Waals surface area contributed by atoms with Gasteiger partial charge in [-0.15, -0.1) is 0 Å². The molecule has 1 saturated heterocycles. The molecule has 1 fully saturated rings. The Balaban J connectivity index is 1.30. The summed E-state index contributed by atoms with van der Waals surface area (Å²) in [5.41, 5.74) is 3.24. The van der Waals surface area contributed by atoms with Crippen LogP contribution in [-0.2, 0) is 24.2 Å². The zero-order chi connectivity index (χ0) is 19.3. The van der Waals surface area contributed by atoms with E-state index in [1.54, 1.807) is 12.1 Å². The number of fused-ring (bicyclic) bond motifs is 1. The molecule has 0 radical (unpaired) electrons. The van der Waals surface area contributed by atoms with Crippen LogP contribution in [0.1, 0.15) is 54.2 Å². The van der Waals surface area contributed by atoms with Gasteiger partial charge in [-0.05, 0) is 49.9 Å². The number of piperidine rings is 1. The Labute approximate surface area is 165 Å². The first-order valence-corrected chi connectivity index (χ1v) is 10.3. The lowest BCUT2D eigenvalue weighted by atomic mass is 9.98. The fourth-order valence-electron chi connectivity index (χ4n) is 4.07. The van der Waals surface area contributed by atoms with E-state index in [0.29, 0.717) is 18.9 Å². The minimum Gasteiger partial charge on any atom is -0.338 e. The fourth-order valence-corrected chi connectivity index (χ4v) is 4.07. The Morgan fingerprint density at radius 3 is 2.93 bits per heavy atom. The van der Waals surface area contributed by atoms with E-state index in [2.05, 4.69) is 10.3 Å². The summed E-state index contributed by atoms with van der Waals surface area (Å²) >= 11 is 0. The van der Waals surface area contributed by atoms with Crippen molar-refractivity contribution in [2.75, 3.05) is 19.6 Å². The molecule has 148 valence electrons. The fraction of sp³-hybridized carbons (Fsp3) is 0.500. The van der Waals surface area contributed by atoms with Crippen molar-refractivity contribution in [2.45, 2.75) is 51.0 Å². The molecule has 2 aliphatic heterocycles. The first-order chi connectivity index (χ1) is 13.7. The van der Waals surface area contributed by atoms with Crippen LogP contribution in [0, 0.1) is 5.82 Å². The largest absolute Gasteiger partial charge is 0.338 e. The number of carbonyl (C=O) groups excluding carboxylic acids is 1. The maximum Gasteiger partial charge on any atom is 0.222 e. The van der Waals surface area contributed by atoms with Gasteiger partial charge in [-0.3, -0.25) is 4.79 Å². The molecular weight excluding hydrogens is 355 g/mol. The minimum atomic E-state index is -0.225. The van der Waals surface area contributed by atoms with Crippen molar-refractivity contribution in [2.24, 2.45) is 0 Å². The zero-order valence-electron chi connectivity index (χ0n) is 16.2. The van der Waals surface area contributed by atoms with Gasteiger partial charge in [-0.1, -0.05) is 12.1 Å². The number of aryl methyl sites for hydroxylation is 1. The summed E-state index contributed by atoms with van der Waals surface area (Å²) in [6.45, 7) is 3.37. The van der Waals surface area contributed by atoms with E-state index in [0.717, 1.165) is 68.0 Å². The number of rotatable bonds is 5. The highest BCUT2D eigenvalue weighted by Gasteiger charge is 2.24. The van der Waals surface area contributed by atoms with Crippen LogP contribution in [0.4, 0.5) is 4.39 Å². The van der Waals surface area contributed by atoms with Crippen LogP contribution in [0.5, 0.6) is 0 Å². The van der Waals surface area contributed by atoms with Crippen LogP contribution >= 0.6 is 0 Å². The van der Waals surface area contributed by atoms with Gasteiger partial charge < -0.3 is 10.2 Å². The number of amides is 1. The molecule has 0 unspecified atom stereocenters. The van der Waals surface area contributed by atoms with E-state index in [1.807, 2.05) is 11.1 Å². The molecule has 3 heterocycles. The quantitative estimate of drug-likeness (QED) is 0.864. The van der Waals surface area contributed by atoms with Gasteiger partial charge >= 0.3 is 0 Å². The van der Waals surface area contributed by atoms with Crippen LogP contribution in [-0.4, -0.2) is 40.4 Å². The highest BCUT2D eigenvalue weighted by molar-refractivity contribution is 5.76. The first kappa shape index (κ1) is 19.0. The maximum atomic E-state index is 13.0. The highest BCUT2D eigenvalue weighted by atomic mass is 19.1. The molecule has 2 aromatic rings. The van der Waals surface area contributed by atoms with Crippen molar-refractivity contribution in [1.82, 2.24) is 20.2 Å². The van der Waals surface area contributed by atoms with Crippen LogP contribution in [0.2, 0.25) is 0 Å². The van der Waals surface area contributed by atoms with Crippen molar-refractivity contribution in [3.8, 4) is 0 Å². The first-order valence-electron chi connectivity index (χ1n) is 10.3. The molecule has 28 heavy (non-hydrogen) atoms. The topological polar surface area (TPSA) is 58.1 Å². The van der Waals surface area contributed by atoms with Gasteiger partial charge in [0.2, 0.25) is 5.91 Å². The lowest BCUT2D eigenvalue weighted by Crippen LogP contribution is -2.37. The van der Waals surface area contributed by atoms with Crippen LogP contribution in [0.25, 0.3) is 0 Å². The van der Waals surface area contributed by atoms with Crippen molar-refractivity contribution < 1.29 is 9.18 Å². The molecular formula is C22H27FN4O. The van der Waals surface area contributed by atoms with Crippen LogP contribution in [0.3, 0.4) is 0 Å². The van der Waals surface area contributed by atoms with Crippen LogP contribution < -0.4 is 5.32 Å². The molecule has 5 nitrogen and oxygen atoms in total. The van der Waals surface area contributed by atoms with Gasteiger partial charge in [0.1, 0.15) is 11.6 Å². The van der Waals surface area contributed by atoms with Gasteiger partial charge in [0.25, 0.3) is 0 Å². The summed E-state index contributed by atoms with van der Waals surface area (Å²) in [5.74, 6) is 1.31. The van der Waals surface area contributed by atoms with Crippen molar-refractivity contribution in [3.63, 3.8) is 0 Å². The lowest BCUT2D eigenvalue weighted by Gasteiger charge is -2.29. The summed E-state index contributed by atoms with van der Waals surface area (Å²) in [6, 6.07) is 6.51. The molecule has 1 aromatic carbocycles. The zero-order valence-corrected chi connectivity index (χ0v) is 16.2. The number of benzene rings is 1. The number of carbonyl (C=O) groups is 1. The SMILES string of the molecule is O=C(CCCc1ccc(F)cc1)N1CCc2nc([C@@H]3CCCNC3)ncc2C1. The Hall–Kier alpha value is -2.34. The standard InChI is InChI=1S/C22H27FN4O/c23-19-8-6-16(7-9-19)3-1-5-21(28)27-12-10-20-18(15-27)14-25-22(26-20)17-4-2-11-24-13-17/h6-9,14,17,24H,1-5,10-13,15H2/t17-/m1/s1. The summed E-state index contributed by atoms with van der Waals surface area (Å²) < 4.78 is 13.0. The second-order valence-electron chi connectivity index (χ2n) is 7.79. The molecule has 6 heteroatoms. The molecule has 0 bridgehead atoms. The number of halogens is 1. The second-order valence-corrected chi connectivity index (χ2v) is 7.79. The summed E-state index contributed by atoms with van der Waals surface area (Å²) in [6.07, 6.45) is 7.12. The number of nitrogens with one attached hydrogen (secondary N) is 1. The highest BCUT2D eigenvalue weighted by Crippen LogP contribution is 2.23. The monoisotopic (exact) mass is 382 g/mol. The Morgan fingerprint density at radius 1 is 1.29 bits per heavy atom. The third-order valence-corrected chi connectivity index (χ3v) is 5.74. The molecule has 4 rings (SSSR count). The van der Waals surface area contributed by atoms with Crippen molar-refractivity contribution in [1.29, 1.82) is 0 Å². The van der Waals surface area contributed by atoms with Crippen molar-refractivity contribution >= 4 is 5.91 Å². The Bertz CT molecular complexity index is 818. The number of nitrogens with zero attached hydrogens (tertiary/aromatic N) is 3. The summed E-state index contributed by atoms with van der Waals surface area (Å²) in [4.78, 5) is 23.9. The van der Waals surface area contributed by atoms with Gasteiger partial charge in [0.15, 0.2) is 0 Å². The Morgan fingerprint density at radius 2 is 2.14 bits per heavy atom. The molecule has 1 amide bonds. The number of hydrogen-bond donors (Lipinski definition) is 1. The Kier molecular flexibility index (Phi) is 5.95. The lowest BCUT2D eigenvalue weighted by molar-refractivity contribution is -0.132. The molecule has 1 aromatic heterocycles. The number of hydrogen-bond acceptors (Lipinski definition) is 4. The average Bonchev–Trinajstić information content (AvgIpc) is 2.75. The summed E-state index contributed by atoms with van der Waals surface area (Å²) in [5, 5.41) is 3.42. The second kappa shape index (κ2) is 8.78. The van der Waals surface area contributed by atoms with Crippen LogP contribution in [0.15, 0.2) is 30.5 Å². The van der Waals surface area contributed by atoms with Crippen molar-refractivity contribution in [3.05, 3.63) is 58.9 Å². The van der Waals surface area contributed by atoms with E-state index in [9.17, 15) is 9.18 Å². The predicted octanol–water partition coefficient (Wildman–Crippen LogP) is 2.99. The molecule has 0 aliphatic carbocycles. The third kappa shape index (κ3) is 4.55. The molecule has 0 spiro atoms. The predicted molar refractivity (Wildman–Crippen MR) is 105 cm³/mol. The minimum absolute atomic E-state index is 0.174. The smallest absolute Gasteiger partial charge is 0.222 e. The molecule has 0 saturated carbocycles. The summed E-state index contributed by atoms with van der Waals surface area (Å²) in [7, 11) is 0. The van der Waals surface area contributed by atoms with E-state index in [1.165, 1.54) is 18.6 Å². The molecule has 1 N–H and O–H groups in total. The van der Waals surface area contributed by atoms with E-state index in [4.69, 9.17) is 4.98 Å². The van der Waals surface area contributed by atoms with Gasteiger partial charge in [-0.2, -0.15) is 0 Å². The van der Waals surface area contributed by atoms with E-state index in [-0.39, 0.29) is 11.7 Å². The van der Waals surface area contributed by atoms with E-state index >= 15 is 0 Å². The molecule has 1 atom stereocenters. The van der Waals surface area contributed by atoms with Gasteiger partial charge in [0, 0.05) is 50.2 Å². The maximum absolute atomic E-state index is 13.0. The third-order valence-electron chi connectivity index (χ3n) is 5.74. The average molecular weight is 382 g/mol.